The third kappa shape index (κ3) is 3.18. The highest BCUT2D eigenvalue weighted by Gasteiger charge is 2.43. The lowest BCUT2D eigenvalue weighted by Crippen LogP contribution is -2.45. The fraction of sp³-hybridized carbons (Fsp3) is 0.533. The lowest BCUT2D eigenvalue weighted by Gasteiger charge is -2.31. The minimum absolute atomic E-state index is 0.176. The summed E-state index contributed by atoms with van der Waals surface area (Å²) in [7, 11) is 0. The minimum Gasteiger partial charge on any atom is -0.351 e. The maximum Gasteiger partial charge on any atom is 0.228 e. The first-order valence-corrected chi connectivity index (χ1v) is 7.57. The van der Waals surface area contributed by atoms with Crippen molar-refractivity contribution < 1.29 is 4.79 Å². The Bertz CT molecular complexity index is 436. The van der Waals surface area contributed by atoms with E-state index in [0.717, 1.165) is 29.5 Å². The Kier molecular flexibility index (Phi) is 4.63. The topological polar surface area (TPSA) is 41.1 Å². The molecule has 0 radical (unpaired) electrons. The molecule has 1 unspecified atom stereocenters. The average molecular weight is 325 g/mol. The molecule has 1 saturated heterocycles. The molecule has 0 spiro atoms. The van der Waals surface area contributed by atoms with Crippen LogP contribution in [0.15, 0.2) is 28.7 Å². The van der Waals surface area contributed by atoms with Crippen molar-refractivity contribution in [2.45, 2.75) is 26.8 Å². The summed E-state index contributed by atoms with van der Waals surface area (Å²) in [5.74, 6) is 0.530. The number of nitrogens with one attached hydrogen (secondary N) is 2. The van der Waals surface area contributed by atoms with Crippen LogP contribution in [0, 0.1) is 11.3 Å². The van der Waals surface area contributed by atoms with Crippen LogP contribution in [0.5, 0.6) is 0 Å². The third-order valence-electron chi connectivity index (χ3n) is 4.11. The molecular formula is C15H21BrN2O. The maximum atomic E-state index is 12.5. The minimum atomic E-state index is -0.241. The van der Waals surface area contributed by atoms with Crippen molar-refractivity contribution in [3.63, 3.8) is 0 Å². The van der Waals surface area contributed by atoms with Gasteiger partial charge in [-0.2, -0.15) is 0 Å². The number of hydrogen-bond donors (Lipinski definition) is 2. The zero-order valence-corrected chi connectivity index (χ0v) is 13.1. The number of hydrogen-bond acceptors (Lipinski definition) is 2. The Hall–Kier alpha value is -0.870. The van der Waals surface area contributed by atoms with E-state index in [1.165, 1.54) is 0 Å². The first kappa shape index (κ1) is 14.5. The molecule has 19 heavy (non-hydrogen) atoms. The SMILES string of the molecule is CC(C)C1(C(=O)NCc2ccc(Br)cc2)CCNC1. The van der Waals surface area contributed by atoms with Crippen molar-refractivity contribution in [2.75, 3.05) is 13.1 Å². The summed E-state index contributed by atoms with van der Waals surface area (Å²) in [6, 6.07) is 8.05. The van der Waals surface area contributed by atoms with Gasteiger partial charge in [0.05, 0.1) is 5.41 Å². The van der Waals surface area contributed by atoms with Crippen LogP contribution in [0.25, 0.3) is 0 Å². The molecule has 1 fully saturated rings. The third-order valence-corrected chi connectivity index (χ3v) is 4.64. The van der Waals surface area contributed by atoms with E-state index in [1.807, 2.05) is 24.3 Å². The zero-order chi connectivity index (χ0) is 13.9. The molecule has 0 saturated carbocycles. The van der Waals surface area contributed by atoms with E-state index in [-0.39, 0.29) is 11.3 Å². The molecule has 104 valence electrons. The number of halogens is 1. The van der Waals surface area contributed by atoms with Gasteiger partial charge in [-0.05, 0) is 36.6 Å². The quantitative estimate of drug-likeness (QED) is 0.894. The smallest absolute Gasteiger partial charge is 0.228 e. The predicted octanol–water partition coefficient (Wildman–Crippen LogP) is 2.70. The monoisotopic (exact) mass is 324 g/mol. The summed E-state index contributed by atoms with van der Waals surface area (Å²) in [5.41, 5.74) is 0.886. The van der Waals surface area contributed by atoms with Gasteiger partial charge in [0.2, 0.25) is 5.91 Å². The Morgan fingerprint density at radius 2 is 2.11 bits per heavy atom. The van der Waals surface area contributed by atoms with Gasteiger partial charge in [-0.3, -0.25) is 4.79 Å². The Labute approximate surface area is 123 Å². The van der Waals surface area contributed by atoms with Gasteiger partial charge in [-0.1, -0.05) is 41.9 Å². The molecule has 1 aliphatic rings. The van der Waals surface area contributed by atoms with Crippen molar-refractivity contribution in [2.24, 2.45) is 11.3 Å². The number of rotatable bonds is 4. The lowest BCUT2D eigenvalue weighted by atomic mass is 9.75. The zero-order valence-electron chi connectivity index (χ0n) is 11.5. The van der Waals surface area contributed by atoms with Crippen LogP contribution in [0.1, 0.15) is 25.8 Å². The second kappa shape index (κ2) is 6.06. The highest BCUT2D eigenvalue weighted by atomic mass is 79.9. The molecule has 3 nitrogen and oxygen atoms in total. The molecule has 1 aromatic carbocycles. The standard InChI is InChI=1S/C15H21BrN2O/c1-11(2)15(7-8-17-10-15)14(19)18-9-12-3-5-13(16)6-4-12/h3-6,11,17H,7-10H2,1-2H3,(H,18,19). The maximum absolute atomic E-state index is 12.5. The largest absolute Gasteiger partial charge is 0.351 e. The molecule has 0 bridgehead atoms. The van der Waals surface area contributed by atoms with Crippen molar-refractivity contribution in [1.82, 2.24) is 10.6 Å². The molecule has 1 amide bonds. The van der Waals surface area contributed by atoms with E-state index < -0.39 is 0 Å². The molecule has 1 aromatic rings. The first-order valence-electron chi connectivity index (χ1n) is 6.78. The molecule has 1 aliphatic heterocycles. The number of carbonyl (C=O) groups excluding carboxylic acids is 1. The molecule has 2 N–H and O–H groups in total. The summed E-state index contributed by atoms with van der Waals surface area (Å²) in [4.78, 5) is 12.5. The highest BCUT2D eigenvalue weighted by Crippen LogP contribution is 2.34. The summed E-state index contributed by atoms with van der Waals surface area (Å²) in [5, 5.41) is 6.40. The van der Waals surface area contributed by atoms with Gasteiger partial charge in [0.1, 0.15) is 0 Å². The van der Waals surface area contributed by atoms with Gasteiger partial charge in [-0.15, -0.1) is 0 Å². The fourth-order valence-electron chi connectivity index (χ4n) is 2.62. The Morgan fingerprint density at radius 3 is 2.63 bits per heavy atom. The molecule has 4 heteroatoms. The number of carbonyl (C=O) groups is 1. The van der Waals surface area contributed by atoms with Crippen LogP contribution in [-0.4, -0.2) is 19.0 Å². The molecule has 2 rings (SSSR count). The summed E-state index contributed by atoms with van der Waals surface area (Å²) in [6.07, 6.45) is 0.927. The normalized spacial score (nSPS) is 22.7. The van der Waals surface area contributed by atoms with E-state index in [0.29, 0.717) is 12.5 Å². The summed E-state index contributed by atoms with van der Waals surface area (Å²) >= 11 is 3.41. The highest BCUT2D eigenvalue weighted by molar-refractivity contribution is 9.10. The first-order chi connectivity index (χ1) is 9.04. The van der Waals surface area contributed by atoms with E-state index >= 15 is 0 Å². The summed E-state index contributed by atoms with van der Waals surface area (Å²) in [6.45, 7) is 6.58. The molecule has 1 atom stereocenters. The van der Waals surface area contributed by atoms with Crippen LogP contribution in [0.4, 0.5) is 0 Å². The Morgan fingerprint density at radius 1 is 1.42 bits per heavy atom. The van der Waals surface area contributed by atoms with E-state index in [4.69, 9.17) is 0 Å². The lowest BCUT2D eigenvalue weighted by molar-refractivity contribution is -0.132. The van der Waals surface area contributed by atoms with Gasteiger partial charge in [0.15, 0.2) is 0 Å². The van der Waals surface area contributed by atoms with E-state index in [1.54, 1.807) is 0 Å². The van der Waals surface area contributed by atoms with Crippen molar-refractivity contribution in [1.29, 1.82) is 0 Å². The molecule has 0 aliphatic carbocycles. The van der Waals surface area contributed by atoms with Crippen LogP contribution < -0.4 is 10.6 Å². The predicted molar refractivity (Wildman–Crippen MR) is 80.7 cm³/mol. The summed E-state index contributed by atoms with van der Waals surface area (Å²) < 4.78 is 1.06. The average Bonchev–Trinajstić information content (AvgIpc) is 2.88. The number of amides is 1. The van der Waals surface area contributed by atoms with E-state index in [9.17, 15) is 4.79 Å². The fourth-order valence-corrected chi connectivity index (χ4v) is 2.89. The van der Waals surface area contributed by atoms with Crippen molar-refractivity contribution in [3.05, 3.63) is 34.3 Å². The van der Waals surface area contributed by atoms with Crippen LogP contribution in [-0.2, 0) is 11.3 Å². The van der Waals surface area contributed by atoms with Crippen molar-refractivity contribution >= 4 is 21.8 Å². The van der Waals surface area contributed by atoms with Gasteiger partial charge in [0.25, 0.3) is 0 Å². The molecule has 0 aromatic heterocycles. The van der Waals surface area contributed by atoms with Gasteiger partial charge >= 0.3 is 0 Å². The second-order valence-corrected chi connectivity index (χ2v) is 6.46. The second-order valence-electron chi connectivity index (χ2n) is 5.55. The van der Waals surface area contributed by atoms with Crippen molar-refractivity contribution in [3.8, 4) is 0 Å². The molecule has 1 heterocycles. The molecular weight excluding hydrogens is 304 g/mol. The van der Waals surface area contributed by atoms with E-state index in [2.05, 4.69) is 40.4 Å². The van der Waals surface area contributed by atoms with Gasteiger partial charge < -0.3 is 10.6 Å². The van der Waals surface area contributed by atoms with Crippen LogP contribution in [0.3, 0.4) is 0 Å². The van der Waals surface area contributed by atoms with Crippen LogP contribution >= 0.6 is 15.9 Å². The van der Waals surface area contributed by atoms with Gasteiger partial charge in [-0.25, -0.2) is 0 Å². The van der Waals surface area contributed by atoms with Gasteiger partial charge in [0, 0.05) is 17.6 Å². The number of benzene rings is 1. The Balaban J connectivity index is 1.98. The van der Waals surface area contributed by atoms with Crippen LogP contribution in [0.2, 0.25) is 0 Å².